The minimum Gasteiger partial charge on any atom is -0.370 e. The molecule has 2 aromatic carbocycles. The Labute approximate surface area is 171 Å². The number of guanidine groups is 1. The van der Waals surface area contributed by atoms with Gasteiger partial charge in [-0.05, 0) is 48.4 Å². The fraction of sp³-hybridized carbons (Fsp3) is 0.364. The second-order valence-corrected chi connectivity index (χ2v) is 7.08. The normalized spacial score (nSPS) is 14.8. The number of anilines is 1. The van der Waals surface area contributed by atoms with Gasteiger partial charge >= 0.3 is 0 Å². The maximum Gasteiger partial charge on any atom is 0.251 e. The number of halogens is 1. The Hall–Kier alpha value is -3.09. The third-order valence-electron chi connectivity index (χ3n) is 4.94. The van der Waals surface area contributed by atoms with Crippen molar-refractivity contribution < 1.29 is 9.18 Å². The Morgan fingerprint density at radius 1 is 1.14 bits per heavy atom. The van der Waals surface area contributed by atoms with Gasteiger partial charge in [0.2, 0.25) is 0 Å². The molecule has 3 rings (SSSR count). The Bertz CT molecular complexity index is 845. The maximum atomic E-state index is 13.1. The number of nitrogens with one attached hydrogen (secondary N) is 1. The van der Waals surface area contributed by atoms with E-state index in [0.717, 1.165) is 43.9 Å². The van der Waals surface area contributed by atoms with Crippen molar-refractivity contribution in [3.05, 3.63) is 65.5 Å². The van der Waals surface area contributed by atoms with Gasteiger partial charge in [0.1, 0.15) is 5.82 Å². The summed E-state index contributed by atoms with van der Waals surface area (Å²) in [5.41, 5.74) is 8.79. The van der Waals surface area contributed by atoms with Crippen molar-refractivity contribution in [2.75, 3.05) is 37.6 Å². The number of nitrogens with zero attached hydrogens (tertiary/aromatic N) is 3. The first-order chi connectivity index (χ1) is 14.1. The lowest BCUT2D eigenvalue weighted by Crippen LogP contribution is -2.51. The largest absolute Gasteiger partial charge is 0.370 e. The van der Waals surface area contributed by atoms with E-state index in [-0.39, 0.29) is 11.7 Å². The van der Waals surface area contributed by atoms with E-state index in [1.807, 2.05) is 25.1 Å². The molecule has 0 spiro atoms. The van der Waals surface area contributed by atoms with Crippen LogP contribution in [-0.2, 0) is 6.54 Å². The lowest BCUT2D eigenvalue weighted by Gasteiger charge is -2.36. The predicted octanol–water partition coefficient (Wildman–Crippen LogP) is 2.60. The van der Waals surface area contributed by atoms with E-state index < -0.39 is 0 Å². The monoisotopic (exact) mass is 397 g/mol. The van der Waals surface area contributed by atoms with Gasteiger partial charge in [-0.2, -0.15) is 0 Å². The molecule has 1 fully saturated rings. The zero-order valence-electron chi connectivity index (χ0n) is 16.8. The highest BCUT2D eigenvalue weighted by molar-refractivity contribution is 5.94. The second-order valence-electron chi connectivity index (χ2n) is 7.08. The molecule has 2 aromatic rings. The van der Waals surface area contributed by atoms with Crippen LogP contribution in [0.2, 0.25) is 0 Å². The smallest absolute Gasteiger partial charge is 0.251 e. The van der Waals surface area contributed by atoms with Crippen LogP contribution in [0.3, 0.4) is 0 Å². The molecule has 1 saturated heterocycles. The number of benzene rings is 2. The van der Waals surface area contributed by atoms with Crippen LogP contribution in [-0.4, -0.2) is 49.5 Å². The van der Waals surface area contributed by atoms with Gasteiger partial charge in [-0.25, -0.2) is 9.38 Å². The summed E-state index contributed by atoms with van der Waals surface area (Å²) in [7, 11) is 0. The number of nitrogens with two attached hydrogens (primary N) is 1. The van der Waals surface area contributed by atoms with Gasteiger partial charge in [0.05, 0.1) is 6.54 Å². The quantitative estimate of drug-likeness (QED) is 0.580. The van der Waals surface area contributed by atoms with Crippen molar-refractivity contribution in [2.24, 2.45) is 10.7 Å². The minimum absolute atomic E-state index is 0.0671. The Kier molecular flexibility index (Phi) is 7.05. The summed E-state index contributed by atoms with van der Waals surface area (Å²) in [6.45, 7) is 6.23. The fourth-order valence-corrected chi connectivity index (χ4v) is 3.27. The van der Waals surface area contributed by atoms with Gasteiger partial charge in [-0.15, -0.1) is 0 Å². The van der Waals surface area contributed by atoms with Crippen molar-refractivity contribution in [1.29, 1.82) is 0 Å². The van der Waals surface area contributed by atoms with Crippen LogP contribution in [0.25, 0.3) is 0 Å². The van der Waals surface area contributed by atoms with Gasteiger partial charge in [-0.1, -0.05) is 19.1 Å². The van der Waals surface area contributed by atoms with Crippen molar-refractivity contribution >= 4 is 17.6 Å². The molecule has 0 aromatic heterocycles. The molecule has 7 heteroatoms. The zero-order valence-corrected chi connectivity index (χ0v) is 16.8. The topological polar surface area (TPSA) is 74.0 Å². The van der Waals surface area contributed by atoms with Crippen molar-refractivity contribution in [1.82, 2.24) is 10.2 Å². The number of piperazine rings is 1. The third kappa shape index (κ3) is 5.70. The molecule has 0 unspecified atom stereocenters. The second kappa shape index (κ2) is 9.91. The summed E-state index contributed by atoms with van der Waals surface area (Å²) < 4.78 is 13.1. The first-order valence-corrected chi connectivity index (χ1v) is 9.99. The summed E-state index contributed by atoms with van der Waals surface area (Å²) in [4.78, 5) is 20.9. The van der Waals surface area contributed by atoms with E-state index in [9.17, 15) is 9.18 Å². The number of carbonyl (C=O) groups excluding carboxylic acids is 1. The van der Waals surface area contributed by atoms with E-state index in [0.29, 0.717) is 24.6 Å². The van der Waals surface area contributed by atoms with Gasteiger partial charge < -0.3 is 20.9 Å². The predicted molar refractivity (Wildman–Crippen MR) is 115 cm³/mol. The summed E-state index contributed by atoms with van der Waals surface area (Å²) in [6.07, 6.45) is 0.903. The lowest BCUT2D eigenvalue weighted by molar-refractivity contribution is 0.0953. The van der Waals surface area contributed by atoms with Gasteiger partial charge in [-0.3, -0.25) is 4.79 Å². The molecule has 1 aliphatic heterocycles. The average molecular weight is 397 g/mol. The number of rotatable bonds is 6. The molecule has 0 saturated carbocycles. The molecule has 0 atom stereocenters. The number of carbonyl (C=O) groups is 1. The van der Waals surface area contributed by atoms with E-state index in [4.69, 9.17) is 5.73 Å². The molecule has 0 radical (unpaired) electrons. The molecule has 154 valence electrons. The van der Waals surface area contributed by atoms with Crippen LogP contribution in [0.5, 0.6) is 0 Å². The Balaban J connectivity index is 1.54. The molecule has 0 bridgehead atoms. The van der Waals surface area contributed by atoms with Crippen molar-refractivity contribution in [2.45, 2.75) is 19.9 Å². The van der Waals surface area contributed by atoms with Gasteiger partial charge in [0, 0.05) is 44.0 Å². The summed E-state index contributed by atoms with van der Waals surface area (Å²) in [5, 5.41) is 2.88. The molecule has 6 nitrogen and oxygen atoms in total. The maximum absolute atomic E-state index is 13.1. The SMILES string of the molecule is CCCNC(=O)c1cccc(CN=C(N)N2CCN(c3ccc(F)cc3)CC2)c1. The lowest BCUT2D eigenvalue weighted by atomic mass is 10.1. The van der Waals surface area contributed by atoms with Gasteiger partial charge in [0.15, 0.2) is 5.96 Å². The highest BCUT2D eigenvalue weighted by Crippen LogP contribution is 2.17. The average Bonchev–Trinajstić information content (AvgIpc) is 2.76. The Morgan fingerprint density at radius 2 is 1.86 bits per heavy atom. The molecule has 0 aliphatic carbocycles. The Morgan fingerprint density at radius 3 is 2.55 bits per heavy atom. The molecule has 1 aliphatic rings. The van der Waals surface area contributed by atoms with Crippen LogP contribution in [0.15, 0.2) is 53.5 Å². The summed E-state index contributed by atoms with van der Waals surface area (Å²) >= 11 is 0. The zero-order chi connectivity index (χ0) is 20.6. The fourth-order valence-electron chi connectivity index (χ4n) is 3.27. The molecule has 3 N–H and O–H groups in total. The van der Waals surface area contributed by atoms with E-state index in [1.165, 1.54) is 12.1 Å². The molecule has 29 heavy (non-hydrogen) atoms. The third-order valence-corrected chi connectivity index (χ3v) is 4.94. The van der Waals surface area contributed by atoms with Crippen LogP contribution in [0.1, 0.15) is 29.3 Å². The number of aliphatic imine (C=N–C) groups is 1. The van der Waals surface area contributed by atoms with E-state index in [1.54, 1.807) is 18.2 Å². The van der Waals surface area contributed by atoms with E-state index >= 15 is 0 Å². The minimum atomic E-state index is -0.226. The highest BCUT2D eigenvalue weighted by Gasteiger charge is 2.18. The first-order valence-electron chi connectivity index (χ1n) is 9.99. The number of hydrogen-bond acceptors (Lipinski definition) is 3. The van der Waals surface area contributed by atoms with Gasteiger partial charge in [0.25, 0.3) is 5.91 Å². The van der Waals surface area contributed by atoms with Crippen molar-refractivity contribution in [3.63, 3.8) is 0 Å². The highest BCUT2D eigenvalue weighted by atomic mass is 19.1. The van der Waals surface area contributed by atoms with Crippen LogP contribution >= 0.6 is 0 Å². The molecular weight excluding hydrogens is 369 g/mol. The molecular formula is C22H28FN5O. The van der Waals surface area contributed by atoms with Crippen LogP contribution < -0.4 is 16.0 Å². The van der Waals surface area contributed by atoms with Crippen LogP contribution in [0, 0.1) is 5.82 Å². The number of amides is 1. The number of hydrogen-bond donors (Lipinski definition) is 2. The summed E-state index contributed by atoms with van der Waals surface area (Å²) in [6, 6.07) is 14.0. The van der Waals surface area contributed by atoms with Crippen LogP contribution in [0.4, 0.5) is 10.1 Å². The summed E-state index contributed by atoms with van der Waals surface area (Å²) in [5.74, 6) is 0.211. The standard InChI is InChI=1S/C22H28FN5O/c1-2-10-25-21(29)18-5-3-4-17(15-18)16-26-22(24)28-13-11-27(12-14-28)20-8-6-19(23)7-9-20/h3-9,15H,2,10-14,16H2,1H3,(H2,24,26)(H,25,29). The van der Waals surface area contributed by atoms with E-state index in [2.05, 4.69) is 20.1 Å². The first kappa shape index (κ1) is 20.6. The van der Waals surface area contributed by atoms with Crippen molar-refractivity contribution in [3.8, 4) is 0 Å². The molecule has 1 heterocycles. The molecule has 1 amide bonds.